The van der Waals surface area contributed by atoms with Crippen LogP contribution in [-0.2, 0) is 0 Å². The summed E-state index contributed by atoms with van der Waals surface area (Å²) in [6.45, 7) is 0. The highest BCUT2D eigenvalue weighted by atomic mass is 79.9. The first kappa shape index (κ1) is 4.62. The fourth-order valence-corrected chi connectivity index (χ4v) is 0.487. The quantitative estimate of drug-likeness (QED) is 0.523. The fourth-order valence-electron chi connectivity index (χ4n) is 0.270. The topological polar surface area (TPSA) is 24.4 Å². The summed E-state index contributed by atoms with van der Waals surface area (Å²) >= 11 is 3.17. The molecule has 0 saturated heterocycles. The first-order valence-electron chi connectivity index (χ1n) is 1.79. The van der Waals surface area contributed by atoms with E-state index in [4.69, 9.17) is 0 Å². The largest absolute Gasteiger partial charge is 0.347 e. The molecule has 1 aliphatic heterocycles. The van der Waals surface area contributed by atoms with Crippen molar-refractivity contribution in [3.63, 3.8) is 0 Å². The minimum Gasteiger partial charge on any atom is -0.347 e. The highest BCUT2D eigenvalue weighted by Gasteiger charge is 1.83. The first-order valence-corrected chi connectivity index (χ1v) is 2.58. The summed E-state index contributed by atoms with van der Waals surface area (Å²) in [6, 6.07) is 0. The lowest BCUT2D eigenvalue weighted by molar-refractivity contribution is 1.16. The molecule has 1 rings (SSSR count). The Morgan fingerprint density at radius 2 is 2.71 bits per heavy atom. The van der Waals surface area contributed by atoms with Gasteiger partial charge in [-0.15, -0.1) is 0 Å². The van der Waals surface area contributed by atoms with E-state index in [2.05, 4.69) is 32.1 Å². The predicted molar refractivity (Wildman–Crippen MR) is 32.2 cm³/mol. The molecule has 0 aromatic rings. The number of hydrogen-bond acceptors (Lipinski definition) is 2. The molecule has 0 saturated carbocycles. The van der Waals surface area contributed by atoms with Crippen LogP contribution < -0.4 is 5.32 Å². The van der Waals surface area contributed by atoms with Crippen molar-refractivity contribution < 1.29 is 0 Å². The van der Waals surface area contributed by atoms with Gasteiger partial charge in [-0.25, -0.2) is 4.99 Å². The van der Waals surface area contributed by atoms with Crippen LogP contribution in [0.25, 0.3) is 0 Å². The smallest absolute Gasteiger partial charge is 0.102 e. The maximum Gasteiger partial charge on any atom is 0.102 e. The molecule has 1 N–H and O–H groups in total. The van der Waals surface area contributed by atoms with Crippen molar-refractivity contribution in [1.82, 2.24) is 5.32 Å². The molecule has 0 radical (unpaired) electrons. The van der Waals surface area contributed by atoms with Crippen LogP contribution >= 0.6 is 15.9 Å². The number of aliphatic imine (C=N–C) groups is 1. The van der Waals surface area contributed by atoms with Gasteiger partial charge in [-0.1, -0.05) is 0 Å². The van der Waals surface area contributed by atoms with Crippen LogP contribution in [0.5, 0.6) is 0 Å². The molecular formula is C4H3BrN2. The molecule has 0 fully saturated rings. The molecule has 0 unspecified atom stereocenters. The number of halogens is 1. The Morgan fingerprint density at radius 1 is 1.86 bits per heavy atom. The average molecular weight is 159 g/mol. The van der Waals surface area contributed by atoms with Crippen molar-refractivity contribution in [2.75, 3.05) is 0 Å². The third-order valence-corrected chi connectivity index (χ3v) is 0.961. The minimum atomic E-state index is 0.867. The van der Waals surface area contributed by atoms with Crippen LogP contribution in [0.3, 0.4) is 0 Å². The van der Waals surface area contributed by atoms with E-state index in [0.717, 1.165) is 4.61 Å². The molecule has 3 heteroatoms. The molecule has 0 atom stereocenters. The van der Waals surface area contributed by atoms with Gasteiger partial charge in [0.25, 0.3) is 0 Å². The second-order valence-corrected chi connectivity index (χ2v) is 1.88. The van der Waals surface area contributed by atoms with Gasteiger partial charge in [0.15, 0.2) is 0 Å². The predicted octanol–water partition coefficient (Wildman–Crippen LogP) is 0.967. The average Bonchev–Trinajstić information content (AvgIpc) is 1.69. The fraction of sp³-hybridized carbons (Fsp3) is 0. The SMILES string of the molecule is BrC1=CN=C=CN1. The van der Waals surface area contributed by atoms with Gasteiger partial charge in [-0.3, -0.25) is 0 Å². The maximum absolute atomic E-state index is 3.68. The molecule has 7 heavy (non-hydrogen) atoms. The molecule has 1 aliphatic rings. The second-order valence-electron chi connectivity index (χ2n) is 1.02. The van der Waals surface area contributed by atoms with Crippen molar-refractivity contribution in [3.8, 4) is 0 Å². The van der Waals surface area contributed by atoms with Crippen LogP contribution in [0.1, 0.15) is 0 Å². The van der Waals surface area contributed by atoms with Crippen LogP contribution in [0.2, 0.25) is 0 Å². The third-order valence-electron chi connectivity index (χ3n) is 0.527. The van der Waals surface area contributed by atoms with E-state index < -0.39 is 0 Å². The van der Waals surface area contributed by atoms with E-state index in [1.807, 2.05) is 0 Å². The summed E-state index contributed by atoms with van der Waals surface area (Å²) in [5, 5.41) is 2.83. The molecule has 0 aliphatic carbocycles. The van der Waals surface area contributed by atoms with Crippen LogP contribution in [0.15, 0.2) is 22.0 Å². The van der Waals surface area contributed by atoms with Gasteiger partial charge < -0.3 is 5.32 Å². The summed E-state index contributed by atoms with van der Waals surface area (Å²) in [6.07, 6.45) is 3.27. The molecule has 36 valence electrons. The lowest BCUT2D eigenvalue weighted by Gasteiger charge is -1.93. The molecule has 0 aromatic heterocycles. The zero-order valence-corrected chi connectivity index (χ0v) is 5.07. The molecule has 0 amide bonds. The van der Waals surface area contributed by atoms with Crippen LogP contribution in [0.4, 0.5) is 0 Å². The highest BCUT2D eigenvalue weighted by molar-refractivity contribution is 9.11. The van der Waals surface area contributed by atoms with E-state index in [1.165, 1.54) is 0 Å². The zero-order valence-electron chi connectivity index (χ0n) is 3.48. The number of nitrogens with zero attached hydrogens (tertiary/aromatic N) is 1. The maximum atomic E-state index is 3.68. The Bertz CT molecular complexity index is 153. The normalized spacial score (nSPS) is 15.9. The van der Waals surface area contributed by atoms with E-state index in [0.29, 0.717) is 0 Å². The van der Waals surface area contributed by atoms with Crippen molar-refractivity contribution in [3.05, 3.63) is 17.0 Å². The minimum absolute atomic E-state index is 0.867. The van der Waals surface area contributed by atoms with E-state index in [9.17, 15) is 0 Å². The highest BCUT2D eigenvalue weighted by Crippen LogP contribution is 1.99. The zero-order chi connectivity index (χ0) is 5.11. The second kappa shape index (κ2) is 1.96. The first-order chi connectivity index (χ1) is 3.39. The third kappa shape index (κ3) is 1.18. The number of hydrogen-bond donors (Lipinski definition) is 1. The van der Waals surface area contributed by atoms with Crippen molar-refractivity contribution in [1.29, 1.82) is 0 Å². The number of nitrogens with one attached hydrogen (secondary N) is 1. The van der Waals surface area contributed by atoms with Crippen molar-refractivity contribution >= 4 is 21.8 Å². The van der Waals surface area contributed by atoms with E-state index in [1.54, 1.807) is 12.4 Å². The Labute approximate surface area is 49.8 Å². The summed E-state index contributed by atoms with van der Waals surface area (Å²) in [4.78, 5) is 3.68. The van der Waals surface area contributed by atoms with Gasteiger partial charge in [0.2, 0.25) is 0 Å². The summed E-state index contributed by atoms with van der Waals surface area (Å²) in [5.74, 6) is 2.60. The summed E-state index contributed by atoms with van der Waals surface area (Å²) in [7, 11) is 0. The number of rotatable bonds is 0. The molecule has 0 aromatic carbocycles. The molecular weight excluding hydrogens is 156 g/mol. The standard InChI is InChI=1S/C4H3BrN2/c5-4-3-6-1-2-7-4/h2-3,7H. The van der Waals surface area contributed by atoms with Gasteiger partial charge in [0.05, 0.1) is 12.4 Å². The van der Waals surface area contributed by atoms with Gasteiger partial charge in [-0.2, -0.15) is 0 Å². The van der Waals surface area contributed by atoms with E-state index in [-0.39, 0.29) is 0 Å². The Morgan fingerprint density at radius 3 is 3.00 bits per heavy atom. The monoisotopic (exact) mass is 158 g/mol. The van der Waals surface area contributed by atoms with Crippen molar-refractivity contribution in [2.45, 2.75) is 0 Å². The lowest BCUT2D eigenvalue weighted by atomic mass is 10.8. The van der Waals surface area contributed by atoms with Gasteiger partial charge in [0.1, 0.15) is 4.61 Å². The molecule has 0 bridgehead atoms. The van der Waals surface area contributed by atoms with Gasteiger partial charge in [0, 0.05) is 5.87 Å². The Balaban J connectivity index is 2.77. The van der Waals surface area contributed by atoms with Gasteiger partial charge >= 0.3 is 0 Å². The van der Waals surface area contributed by atoms with Gasteiger partial charge in [-0.05, 0) is 15.9 Å². The van der Waals surface area contributed by atoms with E-state index >= 15 is 0 Å². The molecule has 2 nitrogen and oxygen atoms in total. The Hall–Kier alpha value is -0.530. The molecule has 1 heterocycles. The Kier molecular flexibility index (Phi) is 1.29. The van der Waals surface area contributed by atoms with Crippen LogP contribution in [-0.4, -0.2) is 5.87 Å². The summed E-state index contributed by atoms with van der Waals surface area (Å²) < 4.78 is 0.867. The lowest BCUT2D eigenvalue weighted by Crippen LogP contribution is -1.99. The summed E-state index contributed by atoms with van der Waals surface area (Å²) in [5.41, 5.74) is 0. The molecule has 0 spiro atoms. The van der Waals surface area contributed by atoms with Crippen molar-refractivity contribution in [2.24, 2.45) is 4.99 Å². The van der Waals surface area contributed by atoms with Crippen LogP contribution in [0, 0.1) is 0 Å².